The van der Waals surface area contributed by atoms with Crippen LogP contribution in [0.4, 0.5) is 0 Å². The number of methoxy groups -OCH3 is 3. The van der Waals surface area contributed by atoms with E-state index < -0.39 is 5.97 Å². The van der Waals surface area contributed by atoms with Gasteiger partial charge in [-0.1, -0.05) is 18.2 Å². The van der Waals surface area contributed by atoms with Crippen LogP contribution in [0.25, 0.3) is 0 Å². The Morgan fingerprint density at radius 1 is 0.929 bits per heavy atom. The van der Waals surface area contributed by atoms with Gasteiger partial charge in [0.1, 0.15) is 17.1 Å². The molecule has 2 aromatic rings. The zero-order valence-corrected chi connectivity index (χ0v) is 18.8. The van der Waals surface area contributed by atoms with Crippen molar-refractivity contribution in [1.29, 1.82) is 0 Å². The molecule has 2 aromatic carbocycles. The topological polar surface area (TPSA) is 81.2 Å². The average molecular weight is 499 g/mol. The lowest BCUT2D eigenvalue weighted by Gasteiger charge is -2.13. The number of rotatable bonds is 7. The zero-order chi connectivity index (χ0) is 19.6. The van der Waals surface area contributed by atoms with E-state index in [1.807, 2.05) is 30.3 Å². The lowest BCUT2D eigenvalue weighted by atomic mass is 10.1. The molecule has 2 N–H and O–H groups in total. The summed E-state index contributed by atoms with van der Waals surface area (Å²) in [6.07, 6.45) is 0. The van der Waals surface area contributed by atoms with Gasteiger partial charge in [0, 0.05) is 20.1 Å². The molecule has 7 nitrogen and oxygen atoms in total. The number of esters is 1. The number of guanidine groups is 1. The first kappa shape index (κ1) is 23.5. The van der Waals surface area contributed by atoms with Crippen LogP contribution >= 0.6 is 24.0 Å². The predicted octanol–water partition coefficient (Wildman–Crippen LogP) is 2.97. The largest absolute Gasteiger partial charge is 0.497 e. The maximum absolute atomic E-state index is 11.9. The van der Waals surface area contributed by atoms with Gasteiger partial charge in [0.15, 0.2) is 5.96 Å². The molecule has 0 amide bonds. The monoisotopic (exact) mass is 499 g/mol. The molecule has 152 valence electrons. The van der Waals surface area contributed by atoms with Gasteiger partial charge in [-0.25, -0.2) is 4.79 Å². The molecule has 0 atom stereocenters. The number of aliphatic imine (C=N–C) groups is 1. The molecule has 0 aliphatic rings. The molecular weight excluding hydrogens is 473 g/mol. The molecule has 0 fully saturated rings. The van der Waals surface area contributed by atoms with Gasteiger partial charge in [0.2, 0.25) is 0 Å². The van der Waals surface area contributed by atoms with Crippen LogP contribution in [0, 0.1) is 0 Å². The minimum Gasteiger partial charge on any atom is -0.497 e. The van der Waals surface area contributed by atoms with Gasteiger partial charge in [-0.3, -0.25) is 4.99 Å². The number of nitrogens with one attached hydrogen (secondary N) is 2. The predicted molar refractivity (Wildman–Crippen MR) is 120 cm³/mol. The van der Waals surface area contributed by atoms with E-state index in [4.69, 9.17) is 14.2 Å². The third-order valence-corrected chi connectivity index (χ3v) is 3.97. The minimum atomic E-state index is -0.435. The van der Waals surface area contributed by atoms with Crippen LogP contribution in [-0.2, 0) is 17.8 Å². The Bertz CT molecular complexity index is 795. The third kappa shape index (κ3) is 6.59. The molecule has 0 radical (unpaired) electrons. The number of nitrogens with zero attached hydrogens (tertiary/aromatic N) is 1. The highest BCUT2D eigenvalue weighted by Gasteiger charge is 2.13. The van der Waals surface area contributed by atoms with E-state index >= 15 is 0 Å². The molecule has 0 heterocycles. The van der Waals surface area contributed by atoms with Crippen molar-refractivity contribution in [3.63, 3.8) is 0 Å². The lowest BCUT2D eigenvalue weighted by Crippen LogP contribution is -2.36. The molecular formula is C20H26IN3O4. The number of halogens is 1. The van der Waals surface area contributed by atoms with Crippen molar-refractivity contribution in [3.8, 4) is 11.5 Å². The second kappa shape index (κ2) is 12.1. The number of benzene rings is 2. The third-order valence-electron chi connectivity index (χ3n) is 3.97. The van der Waals surface area contributed by atoms with Crippen LogP contribution in [0.5, 0.6) is 11.5 Å². The van der Waals surface area contributed by atoms with Gasteiger partial charge in [0.25, 0.3) is 0 Å². The van der Waals surface area contributed by atoms with Gasteiger partial charge in [-0.2, -0.15) is 0 Å². The number of hydrogen-bond donors (Lipinski definition) is 2. The highest BCUT2D eigenvalue weighted by molar-refractivity contribution is 14.0. The minimum absolute atomic E-state index is 0. The van der Waals surface area contributed by atoms with Crippen molar-refractivity contribution in [1.82, 2.24) is 10.6 Å². The number of carbonyl (C=O) groups excluding carboxylic acids is 1. The van der Waals surface area contributed by atoms with E-state index in [1.165, 1.54) is 14.2 Å². The molecule has 8 heteroatoms. The SMILES string of the molecule is CN=C(NCc1ccc(OC)cc1)NCc1ccc(OC)c(C(=O)OC)c1.I. The van der Waals surface area contributed by atoms with E-state index in [1.54, 1.807) is 26.3 Å². The first-order chi connectivity index (χ1) is 13.1. The van der Waals surface area contributed by atoms with Gasteiger partial charge in [-0.15, -0.1) is 24.0 Å². The molecule has 0 bridgehead atoms. The van der Waals surface area contributed by atoms with E-state index in [-0.39, 0.29) is 24.0 Å². The molecule has 0 aliphatic carbocycles. The highest BCUT2D eigenvalue weighted by Crippen LogP contribution is 2.20. The van der Waals surface area contributed by atoms with Crippen molar-refractivity contribution in [2.45, 2.75) is 13.1 Å². The van der Waals surface area contributed by atoms with Gasteiger partial charge in [-0.05, 0) is 35.4 Å². The van der Waals surface area contributed by atoms with E-state index in [0.717, 1.165) is 16.9 Å². The van der Waals surface area contributed by atoms with Crippen molar-refractivity contribution in [3.05, 3.63) is 59.2 Å². The Morgan fingerprint density at radius 2 is 1.54 bits per heavy atom. The second-order valence-corrected chi connectivity index (χ2v) is 5.65. The summed E-state index contributed by atoms with van der Waals surface area (Å²) < 4.78 is 15.2. The fraction of sp³-hybridized carbons (Fsp3) is 0.300. The number of ether oxygens (including phenoxy) is 3. The molecule has 0 aromatic heterocycles. The van der Waals surface area contributed by atoms with Crippen LogP contribution in [0.15, 0.2) is 47.5 Å². The number of carbonyl (C=O) groups is 1. The first-order valence-corrected chi connectivity index (χ1v) is 8.44. The molecule has 0 unspecified atom stereocenters. The van der Waals surface area contributed by atoms with Crippen LogP contribution in [0.1, 0.15) is 21.5 Å². The fourth-order valence-corrected chi connectivity index (χ4v) is 2.47. The highest BCUT2D eigenvalue weighted by atomic mass is 127. The fourth-order valence-electron chi connectivity index (χ4n) is 2.47. The first-order valence-electron chi connectivity index (χ1n) is 8.44. The maximum Gasteiger partial charge on any atom is 0.341 e. The normalized spacial score (nSPS) is 10.5. The van der Waals surface area contributed by atoms with Crippen LogP contribution in [-0.4, -0.2) is 40.3 Å². The van der Waals surface area contributed by atoms with Gasteiger partial charge < -0.3 is 24.8 Å². The average Bonchev–Trinajstić information content (AvgIpc) is 2.73. The quantitative estimate of drug-likeness (QED) is 0.264. The summed E-state index contributed by atoms with van der Waals surface area (Å²) in [4.78, 5) is 16.1. The Kier molecular flexibility index (Phi) is 10.1. The van der Waals surface area contributed by atoms with E-state index in [0.29, 0.717) is 30.4 Å². The molecule has 0 aliphatic heterocycles. The number of hydrogen-bond acceptors (Lipinski definition) is 5. The standard InChI is InChI=1S/C20H25N3O4.HI/c1-21-20(22-12-14-5-8-16(25-2)9-6-14)23-13-15-7-10-18(26-3)17(11-15)19(24)27-4;/h5-11H,12-13H2,1-4H3,(H2,21,22,23);1H. The smallest absolute Gasteiger partial charge is 0.341 e. The molecule has 0 spiro atoms. The Labute approximate surface area is 182 Å². The summed E-state index contributed by atoms with van der Waals surface area (Å²) in [5.41, 5.74) is 2.40. The van der Waals surface area contributed by atoms with Gasteiger partial charge >= 0.3 is 5.97 Å². The Morgan fingerprint density at radius 3 is 2.07 bits per heavy atom. The molecule has 28 heavy (non-hydrogen) atoms. The summed E-state index contributed by atoms with van der Waals surface area (Å²) in [5, 5.41) is 6.47. The summed E-state index contributed by atoms with van der Waals surface area (Å²) in [6, 6.07) is 13.2. The molecule has 2 rings (SSSR count). The summed E-state index contributed by atoms with van der Waals surface area (Å²) in [7, 11) is 6.21. The van der Waals surface area contributed by atoms with E-state index in [9.17, 15) is 4.79 Å². The van der Waals surface area contributed by atoms with Gasteiger partial charge in [0.05, 0.1) is 21.3 Å². The summed E-state index contributed by atoms with van der Waals surface area (Å²) in [5.74, 6) is 1.52. The Hall–Kier alpha value is -2.49. The van der Waals surface area contributed by atoms with E-state index in [2.05, 4.69) is 15.6 Å². The van der Waals surface area contributed by atoms with Crippen LogP contribution < -0.4 is 20.1 Å². The summed E-state index contributed by atoms with van der Waals surface area (Å²) >= 11 is 0. The molecule has 0 saturated carbocycles. The Balaban J connectivity index is 0.00000392. The van der Waals surface area contributed by atoms with Crippen molar-refractivity contribution in [2.75, 3.05) is 28.4 Å². The van der Waals surface area contributed by atoms with Crippen molar-refractivity contribution >= 4 is 35.9 Å². The lowest BCUT2D eigenvalue weighted by molar-refractivity contribution is 0.0597. The van der Waals surface area contributed by atoms with Crippen LogP contribution in [0.2, 0.25) is 0 Å². The van der Waals surface area contributed by atoms with Crippen molar-refractivity contribution < 1.29 is 19.0 Å². The second-order valence-electron chi connectivity index (χ2n) is 5.65. The molecule has 0 saturated heterocycles. The maximum atomic E-state index is 11.9. The van der Waals surface area contributed by atoms with Crippen molar-refractivity contribution in [2.24, 2.45) is 4.99 Å². The zero-order valence-electron chi connectivity index (χ0n) is 16.4. The van der Waals surface area contributed by atoms with Crippen LogP contribution in [0.3, 0.4) is 0 Å². The summed E-state index contributed by atoms with van der Waals surface area (Å²) in [6.45, 7) is 1.12.